The first kappa shape index (κ1) is 15.6. The van der Waals surface area contributed by atoms with Crippen molar-refractivity contribution in [3.8, 4) is 0 Å². The number of H-pyrrole nitrogens is 1. The number of aromatic amines is 1. The Balaban J connectivity index is 3.01. The Morgan fingerprint density at radius 2 is 2.00 bits per heavy atom. The van der Waals surface area contributed by atoms with Crippen LogP contribution in [0, 0.1) is 18.8 Å². The second-order valence-electron chi connectivity index (χ2n) is 4.90. The topological polar surface area (TPSA) is 112 Å². The van der Waals surface area contributed by atoms with E-state index in [2.05, 4.69) is 14.9 Å². The number of aryl methyl sites for hydroxylation is 1. The monoisotopic (exact) mass is 289 g/mol. The minimum absolute atomic E-state index is 0.148. The van der Waals surface area contributed by atoms with Gasteiger partial charge >= 0.3 is 5.97 Å². The van der Waals surface area contributed by atoms with E-state index in [4.69, 9.17) is 5.11 Å². The van der Waals surface area contributed by atoms with Gasteiger partial charge in [0.2, 0.25) is 10.0 Å². The van der Waals surface area contributed by atoms with Gasteiger partial charge in [-0.15, -0.1) is 0 Å². The molecule has 0 spiro atoms. The van der Waals surface area contributed by atoms with Gasteiger partial charge in [0.15, 0.2) is 5.69 Å². The number of hydrogen-bond donors (Lipinski definition) is 3. The number of carbonyl (C=O) groups is 1. The van der Waals surface area contributed by atoms with Crippen molar-refractivity contribution in [3.05, 3.63) is 11.4 Å². The molecule has 1 aromatic rings. The third-order valence-electron chi connectivity index (χ3n) is 3.10. The van der Waals surface area contributed by atoms with E-state index in [-0.39, 0.29) is 23.1 Å². The van der Waals surface area contributed by atoms with Gasteiger partial charge in [-0.1, -0.05) is 20.8 Å². The number of nitrogens with one attached hydrogen (secondary N) is 2. The molecule has 0 radical (unpaired) electrons. The summed E-state index contributed by atoms with van der Waals surface area (Å²) in [5, 5.41) is 14.8. The van der Waals surface area contributed by atoms with Gasteiger partial charge in [0, 0.05) is 6.54 Å². The first-order valence-electron chi connectivity index (χ1n) is 5.94. The average Bonchev–Trinajstić information content (AvgIpc) is 2.68. The van der Waals surface area contributed by atoms with Crippen molar-refractivity contribution in [3.63, 3.8) is 0 Å². The van der Waals surface area contributed by atoms with E-state index in [1.165, 1.54) is 6.92 Å². The molecule has 0 fully saturated rings. The molecule has 8 heteroatoms. The van der Waals surface area contributed by atoms with E-state index in [0.717, 1.165) is 0 Å². The lowest BCUT2D eigenvalue weighted by molar-refractivity contribution is 0.0686. The molecule has 1 unspecified atom stereocenters. The van der Waals surface area contributed by atoms with Crippen molar-refractivity contribution in [2.24, 2.45) is 11.8 Å². The summed E-state index contributed by atoms with van der Waals surface area (Å²) in [5.41, 5.74) is -0.274. The predicted molar refractivity (Wildman–Crippen MR) is 69.5 cm³/mol. The fourth-order valence-electron chi connectivity index (χ4n) is 1.44. The minimum Gasteiger partial charge on any atom is -0.476 e. The third kappa shape index (κ3) is 3.54. The summed E-state index contributed by atoms with van der Waals surface area (Å²) < 4.78 is 26.7. The van der Waals surface area contributed by atoms with Crippen LogP contribution in [0.2, 0.25) is 0 Å². The average molecular weight is 289 g/mol. The van der Waals surface area contributed by atoms with E-state index < -0.39 is 21.7 Å². The molecular formula is C11H19N3O4S. The quantitative estimate of drug-likeness (QED) is 0.723. The predicted octanol–water partition coefficient (Wildman–Crippen LogP) is 0.987. The van der Waals surface area contributed by atoms with Crippen molar-refractivity contribution in [1.82, 2.24) is 14.9 Å². The van der Waals surface area contributed by atoms with E-state index in [1.54, 1.807) is 0 Å². The first-order valence-corrected chi connectivity index (χ1v) is 7.43. The fraction of sp³-hybridized carbons (Fsp3) is 0.636. The number of rotatable bonds is 6. The normalized spacial score (nSPS) is 13.7. The molecule has 108 valence electrons. The zero-order chi connectivity index (χ0) is 14.8. The molecule has 1 aromatic heterocycles. The zero-order valence-electron chi connectivity index (χ0n) is 11.4. The molecule has 0 aliphatic heterocycles. The lowest BCUT2D eigenvalue weighted by Crippen LogP contribution is -2.31. The summed E-state index contributed by atoms with van der Waals surface area (Å²) in [6.45, 7) is 7.63. The molecular weight excluding hydrogens is 270 g/mol. The number of carboxylic acids is 1. The Morgan fingerprint density at radius 3 is 2.47 bits per heavy atom. The van der Waals surface area contributed by atoms with Crippen LogP contribution in [0.4, 0.5) is 0 Å². The van der Waals surface area contributed by atoms with E-state index in [1.807, 2.05) is 20.8 Å². The van der Waals surface area contributed by atoms with Gasteiger partial charge < -0.3 is 5.11 Å². The van der Waals surface area contributed by atoms with E-state index in [9.17, 15) is 13.2 Å². The lowest BCUT2D eigenvalue weighted by Gasteiger charge is -2.16. The highest BCUT2D eigenvalue weighted by molar-refractivity contribution is 7.89. The van der Waals surface area contributed by atoms with Gasteiger partial charge in [-0.3, -0.25) is 5.10 Å². The Kier molecular flexibility index (Phi) is 4.70. The highest BCUT2D eigenvalue weighted by Gasteiger charge is 2.28. The van der Waals surface area contributed by atoms with Gasteiger partial charge in [0.05, 0.1) is 5.69 Å². The summed E-state index contributed by atoms with van der Waals surface area (Å²) in [7, 11) is -3.88. The van der Waals surface area contributed by atoms with Crippen LogP contribution in [0.5, 0.6) is 0 Å². The molecule has 3 N–H and O–H groups in total. The SMILES string of the molecule is Cc1[nH]nc(C(=O)O)c1S(=O)(=O)NCC(C)C(C)C. The number of carboxylic acid groups (broad SMARTS) is 1. The van der Waals surface area contributed by atoms with E-state index >= 15 is 0 Å². The fourth-order valence-corrected chi connectivity index (χ4v) is 2.90. The molecule has 0 aliphatic rings. The maximum atomic E-state index is 12.1. The Morgan fingerprint density at radius 1 is 1.42 bits per heavy atom. The van der Waals surface area contributed by atoms with Gasteiger partial charge in [0.1, 0.15) is 4.90 Å². The van der Waals surface area contributed by atoms with Crippen molar-refractivity contribution < 1.29 is 18.3 Å². The van der Waals surface area contributed by atoms with Crippen LogP contribution in [-0.4, -0.2) is 36.2 Å². The minimum atomic E-state index is -3.88. The summed E-state index contributed by atoms with van der Waals surface area (Å²) in [6, 6.07) is 0. The summed E-state index contributed by atoms with van der Waals surface area (Å²) in [4.78, 5) is 10.7. The lowest BCUT2D eigenvalue weighted by atomic mass is 9.99. The largest absolute Gasteiger partial charge is 0.476 e. The maximum Gasteiger partial charge on any atom is 0.357 e. The van der Waals surface area contributed by atoms with Crippen LogP contribution in [0.3, 0.4) is 0 Å². The van der Waals surface area contributed by atoms with Gasteiger partial charge in [-0.05, 0) is 18.8 Å². The second kappa shape index (κ2) is 5.70. The standard InChI is InChI=1S/C11H19N3O4S/c1-6(2)7(3)5-12-19(17,18)10-8(4)13-14-9(10)11(15)16/h6-7,12H,5H2,1-4H3,(H,13,14)(H,15,16). The molecule has 1 heterocycles. The molecule has 0 saturated carbocycles. The van der Waals surface area contributed by atoms with Gasteiger partial charge in [-0.25, -0.2) is 17.9 Å². The smallest absolute Gasteiger partial charge is 0.357 e. The van der Waals surface area contributed by atoms with Crippen LogP contribution >= 0.6 is 0 Å². The van der Waals surface area contributed by atoms with Gasteiger partial charge in [-0.2, -0.15) is 5.10 Å². The summed E-state index contributed by atoms with van der Waals surface area (Å²) >= 11 is 0. The molecule has 0 aliphatic carbocycles. The number of sulfonamides is 1. The highest BCUT2D eigenvalue weighted by Crippen LogP contribution is 2.18. The van der Waals surface area contributed by atoms with Crippen molar-refractivity contribution in [2.75, 3.05) is 6.54 Å². The third-order valence-corrected chi connectivity index (χ3v) is 4.68. The molecule has 0 saturated heterocycles. The Labute approximate surface area is 112 Å². The Bertz CT molecular complexity index is 562. The molecule has 0 bridgehead atoms. The summed E-state index contributed by atoms with van der Waals surface area (Å²) in [6.07, 6.45) is 0. The Hall–Kier alpha value is -1.41. The number of aromatic carboxylic acids is 1. The molecule has 7 nitrogen and oxygen atoms in total. The molecule has 19 heavy (non-hydrogen) atoms. The van der Waals surface area contributed by atoms with Crippen molar-refractivity contribution >= 4 is 16.0 Å². The molecule has 0 aromatic carbocycles. The van der Waals surface area contributed by atoms with Crippen LogP contribution in [0.15, 0.2) is 4.90 Å². The highest BCUT2D eigenvalue weighted by atomic mass is 32.2. The number of hydrogen-bond acceptors (Lipinski definition) is 4. The van der Waals surface area contributed by atoms with Crippen molar-refractivity contribution in [2.45, 2.75) is 32.6 Å². The zero-order valence-corrected chi connectivity index (χ0v) is 12.2. The van der Waals surface area contributed by atoms with Gasteiger partial charge in [0.25, 0.3) is 0 Å². The second-order valence-corrected chi connectivity index (χ2v) is 6.61. The number of aromatic nitrogens is 2. The van der Waals surface area contributed by atoms with Crippen LogP contribution in [0.1, 0.15) is 37.0 Å². The van der Waals surface area contributed by atoms with Crippen LogP contribution < -0.4 is 4.72 Å². The maximum absolute atomic E-state index is 12.1. The number of nitrogens with zero attached hydrogens (tertiary/aromatic N) is 1. The van der Waals surface area contributed by atoms with Crippen LogP contribution in [0.25, 0.3) is 0 Å². The first-order chi connectivity index (χ1) is 8.66. The van der Waals surface area contributed by atoms with E-state index in [0.29, 0.717) is 5.92 Å². The summed E-state index contributed by atoms with van der Waals surface area (Å²) in [5.74, 6) is -0.899. The molecule has 1 atom stereocenters. The molecule has 1 rings (SSSR count). The molecule has 0 amide bonds. The van der Waals surface area contributed by atoms with Crippen molar-refractivity contribution in [1.29, 1.82) is 0 Å². The van der Waals surface area contributed by atoms with Crippen LogP contribution in [-0.2, 0) is 10.0 Å².